The van der Waals surface area contributed by atoms with Gasteiger partial charge >= 0.3 is 0 Å². The first-order valence-electron chi connectivity index (χ1n) is 9.40. The first-order chi connectivity index (χ1) is 12.7. The number of ether oxygens (including phenoxy) is 1. The fourth-order valence-electron chi connectivity index (χ4n) is 4.07. The van der Waals surface area contributed by atoms with Crippen LogP contribution in [0.1, 0.15) is 48.1 Å². The molecule has 1 N–H and O–H groups in total. The predicted octanol–water partition coefficient (Wildman–Crippen LogP) is 3.19. The van der Waals surface area contributed by atoms with Crippen molar-refractivity contribution in [2.24, 2.45) is 0 Å². The lowest BCUT2D eigenvalue weighted by atomic mass is 9.80. The van der Waals surface area contributed by atoms with Gasteiger partial charge in [-0.1, -0.05) is 25.1 Å². The molecule has 136 valence electrons. The average Bonchev–Trinajstić information content (AvgIpc) is 2.69. The third-order valence-electron chi connectivity index (χ3n) is 5.66. The monoisotopic (exact) mass is 351 g/mol. The van der Waals surface area contributed by atoms with Crippen molar-refractivity contribution in [3.8, 4) is 5.75 Å². The van der Waals surface area contributed by atoms with Gasteiger partial charge in [-0.25, -0.2) is 0 Å². The van der Waals surface area contributed by atoms with Crippen LogP contribution in [0.25, 0.3) is 0 Å². The number of pyridine rings is 1. The predicted molar refractivity (Wildman–Crippen MR) is 100 cm³/mol. The number of rotatable bonds is 3. The Bertz CT molecular complexity index is 770. The van der Waals surface area contributed by atoms with Gasteiger partial charge in [0.2, 0.25) is 0 Å². The van der Waals surface area contributed by atoms with Crippen molar-refractivity contribution >= 4 is 5.91 Å². The van der Waals surface area contributed by atoms with Gasteiger partial charge in [0.1, 0.15) is 11.4 Å². The molecule has 1 aromatic heterocycles. The van der Waals surface area contributed by atoms with Crippen molar-refractivity contribution in [2.45, 2.75) is 37.8 Å². The first kappa shape index (κ1) is 17.0. The van der Waals surface area contributed by atoms with Crippen molar-refractivity contribution in [2.75, 3.05) is 19.6 Å². The number of nitrogens with one attached hydrogen (secondary N) is 1. The highest BCUT2D eigenvalue weighted by Crippen LogP contribution is 2.44. The molecule has 0 bridgehead atoms. The SMILES string of the molecule is CCN1CCC2(CC1)C[C@H](NC(=O)c1ccncc1)c1ccccc1O2. The number of hydrogen-bond acceptors (Lipinski definition) is 4. The van der Waals surface area contributed by atoms with Crippen molar-refractivity contribution in [3.63, 3.8) is 0 Å². The Hall–Kier alpha value is -2.40. The fraction of sp³-hybridized carbons (Fsp3) is 0.429. The van der Waals surface area contributed by atoms with Crippen LogP contribution >= 0.6 is 0 Å². The number of benzene rings is 1. The summed E-state index contributed by atoms with van der Waals surface area (Å²) in [5, 5.41) is 3.23. The van der Waals surface area contributed by atoms with E-state index in [0.717, 1.165) is 50.2 Å². The van der Waals surface area contributed by atoms with Gasteiger partial charge < -0.3 is 15.0 Å². The van der Waals surface area contributed by atoms with E-state index in [-0.39, 0.29) is 17.6 Å². The Balaban J connectivity index is 1.58. The van der Waals surface area contributed by atoms with E-state index in [1.807, 2.05) is 18.2 Å². The summed E-state index contributed by atoms with van der Waals surface area (Å²) in [6.45, 7) is 5.37. The Morgan fingerprint density at radius 2 is 1.96 bits per heavy atom. The largest absolute Gasteiger partial charge is 0.487 e. The molecule has 4 rings (SSSR count). The quantitative estimate of drug-likeness (QED) is 0.923. The number of fused-ring (bicyclic) bond motifs is 1. The zero-order chi connectivity index (χ0) is 18.0. The number of piperidine rings is 1. The zero-order valence-electron chi connectivity index (χ0n) is 15.1. The third kappa shape index (κ3) is 3.31. The molecule has 1 amide bonds. The van der Waals surface area contributed by atoms with Gasteiger partial charge in [0.25, 0.3) is 5.91 Å². The molecule has 0 unspecified atom stereocenters. The second kappa shape index (κ2) is 7.08. The zero-order valence-corrected chi connectivity index (χ0v) is 15.1. The van der Waals surface area contributed by atoms with Gasteiger partial charge in [0, 0.05) is 43.0 Å². The standard InChI is InChI=1S/C21H25N3O2/c1-2-24-13-9-21(10-14-24)15-18(17-5-3-4-6-19(17)26-21)23-20(25)16-7-11-22-12-8-16/h3-8,11-12,18H,2,9-10,13-15H2,1H3,(H,23,25)/t18-/m0/s1. The molecule has 0 radical (unpaired) electrons. The summed E-state index contributed by atoms with van der Waals surface area (Å²) in [7, 11) is 0. The summed E-state index contributed by atoms with van der Waals surface area (Å²) in [5.74, 6) is 0.846. The van der Waals surface area contributed by atoms with Gasteiger partial charge in [-0.3, -0.25) is 9.78 Å². The summed E-state index contributed by atoms with van der Waals surface area (Å²) in [6, 6.07) is 11.5. The van der Waals surface area contributed by atoms with E-state index in [1.165, 1.54) is 0 Å². The van der Waals surface area contributed by atoms with Crippen LogP contribution < -0.4 is 10.1 Å². The Labute approximate surface area is 154 Å². The highest BCUT2D eigenvalue weighted by atomic mass is 16.5. The fourth-order valence-corrected chi connectivity index (χ4v) is 4.07. The van der Waals surface area contributed by atoms with Crippen molar-refractivity contribution in [1.29, 1.82) is 0 Å². The number of nitrogens with zero attached hydrogens (tertiary/aromatic N) is 2. The Morgan fingerprint density at radius 3 is 2.69 bits per heavy atom. The summed E-state index contributed by atoms with van der Waals surface area (Å²) >= 11 is 0. The van der Waals surface area contributed by atoms with Crippen LogP contribution in [0.5, 0.6) is 5.75 Å². The number of likely N-dealkylation sites (tertiary alicyclic amines) is 1. The van der Waals surface area contributed by atoms with E-state index in [1.54, 1.807) is 24.5 Å². The molecule has 0 aliphatic carbocycles. The lowest BCUT2D eigenvalue weighted by Gasteiger charge is -2.46. The van der Waals surface area contributed by atoms with Crippen LogP contribution in [0.15, 0.2) is 48.8 Å². The second-order valence-electron chi connectivity index (χ2n) is 7.22. The molecule has 1 fully saturated rings. The number of carbonyl (C=O) groups is 1. The second-order valence-corrected chi connectivity index (χ2v) is 7.22. The molecule has 1 saturated heterocycles. The first-order valence-corrected chi connectivity index (χ1v) is 9.40. The van der Waals surface area contributed by atoms with E-state index in [4.69, 9.17) is 4.74 Å². The molecule has 5 heteroatoms. The van der Waals surface area contributed by atoms with Gasteiger partial charge in [-0.15, -0.1) is 0 Å². The minimum atomic E-state index is -0.184. The van der Waals surface area contributed by atoms with E-state index in [2.05, 4.69) is 28.2 Å². The van der Waals surface area contributed by atoms with Gasteiger partial charge in [0.05, 0.1) is 6.04 Å². The maximum absolute atomic E-state index is 12.7. The van der Waals surface area contributed by atoms with Crippen LogP contribution in [0.2, 0.25) is 0 Å². The lowest BCUT2D eigenvalue weighted by molar-refractivity contribution is -0.0235. The van der Waals surface area contributed by atoms with Gasteiger partial charge in [0.15, 0.2) is 0 Å². The highest BCUT2D eigenvalue weighted by molar-refractivity contribution is 5.94. The van der Waals surface area contributed by atoms with Crippen molar-refractivity contribution < 1.29 is 9.53 Å². The molecule has 26 heavy (non-hydrogen) atoms. The normalized spacial score (nSPS) is 21.7. The summed E-state index contributed by atoms with van der Waals surface area (Å²) in [6.07, 6.45) is 6.11. The maximum atomic E-state index is 12.7. The minimum absolute atomic E-state index is 0.0335. The van der Waals surface area contributed by atoms with E-state index in [9.17, 15) is 4.79 Å². The van der Waals surface area contributed by atoms with E-state index in [0.29, 0.717) is 5.56 Å². The smallest absolute Gasteiger partial charge is 0.251 e. The van der Waals surface area contributed by atoms with Gasteiger partial charge in [-0.05, 0) is 37.6 Å². The molecule has 2 aliphatic heterocycles. The summed E-state index contributed by atoms with van der Waals surface area (Å²) in [5.41, 5.74) is 1.52. The minimum Gasteiger partial charge on any atom is -0.487 e. The third-order valence-corrected chi connectivity index (χ3v) is 5.66. The number of carbonyl (C=O) groups excluding carboxylic acids is 1. The maximum Gasteiger partial charge on any atom is 0.251 e. The molecule has 2 aromatic rings. The van der Waals surface area contributed by atoms with Crippen LogP contribution in [0.3, 0.4) is 0 Å². The molecular weight excluding hydrogens is 326 g/mol. The van der Waals surface area contributed by atoms with Crippen LogP contribution in [-0.4, -0.2) is 41.0 Å². The lowest BCUT2D eigenvalue weighted by Crippen LogP contribution is -2.52. The number of hydrogen-bond donors (Lipinski definition) is 1. The van der Waals surface area contributed by atoms with Gasteiger partial charge in [-0.2, -0.15) is 0 Å². The average molecular weight is 351 g/mol. The summed E-state index contributed by atoms with van der Waals surface area (Å²) in [4.78, 5) is 19.2. The van der Waals surface area contributed by atoms with Crippen LogP contribution in [0.4, 0.5) is 0 Å². The number of amides is 1. The molecule has 1 aromatic carbocycles. The molecular formula is C21H25N3O2. The Morgan fingerprint density at radius 1 is 1.23 bits per heavy atom. The van der Waals surface area contributed by atoms with E-state index < -0.39 is 0 Å². The molecule has 1 atom stereocenters. The summed E-state index contributed by atoms with van der Waals surface area (Å²) < 4.78 is 6.48. The van der Waals surface area contributed by atoms with Crippen molar-refractivity contribution in [1.82, 2.24) is 15.2 Å². The molecule has 3 heterocycles. The van der Waals surface area contributed by atoms with E-state index >= 15 is 0 Å². The molecule has 1 spiro atoms. The van der Waals surface area contributed by atoms with Crippen molar-refractivity contribution in [3.05, 3.63) is 59.9 Å². The van der Waals surface area contributed by atoms with Crippen LogP contribution in [-0.2, 0) is 0 Å². The molecule has 5 nitrogen and oxygen atoms in total. The number of para-hydroxylation sites is 1. The highest BCUT2D eigenvalue weighted by Gasteiger charge is 2.43. The molecule has 0 saturated carbocycles. The van der Waals surface area contributed by atoms with Crippen LogP contribution in [0, 0.1) is 0 Å². The topological polar surface area (TPSA) is 54.5 Å². The number of aromatic nitrogens is 1. The molecule has 2 aliphatic rings. The Kier molecular flexibility index (Phi) is 4.64.